The normalized spacial score (nSPS) is 13.3. The van der Waals surface area contributed by atoms with Crippen molar-refractivity contribution in [2.75, 3.05) is 37.6 Å². The summed E-state index contributed by atoms with van der Waals surface area (Å²) in [6.07, 6.45) is 3.49. The molecule has 140 valence electrons. The third kappa shape index (κ3) is 4.46. The van der Waals surface area contributed by atoms with Gasteiger partial charge in [0, 0.05) is 25.3 Å². The molecular weight excluding hydrogens is 342 g/mol. The van der Waals surface area contributed by atoms with Crippen LogP contribution in [0.25, 0.3) is 0 Å². The van der Waals surface area contributed by atoms with Gasteiger partial charge in [-0.3, -0.25) is 4.79 Å². The average molecular weight is 372 g/mol. The molecule has 0 radical (unpaired) electrons. The molecule has 4 nitrogen and oxygen atoms in total. The third-order valence-corrected chi connectivity index (χ3v) is 6.06. The number of carbonyl (C=O) groups excluding carboxylic acids is 1. The van der Waals surface area contributed by atoms with E-state index in [4.69, 9.17) is 0 Å². The Hall–Kier alpha value is -1.85. The van der Waals surface area contributed by atoms with Crippen molar-refractivity contribution in [3.05, 3.63) is 46.8 Å². The van der Waals surface area contributed by atoms with E-state index in [2.05, 4.69) is 59.3 Å². The van der Waals surface area contributed by atoms with Crippen LogP contribution in [0.1, 0.15) is 41.9 Å². The molecule has 0 unspecified atom stereocenters. The molecule has 1 N–H and O–H groups in total. The molecule has 0 atom stereocenters. The summed E-state index contributed by atoms with van der Waals surface area (Å²) in [7, 11) is 0. The summed E-state index contributed by atoms with van der Waals surface area (Å²) < 4.78 is 0. The first-order valence-electron chi connectivity index (χ1n) is 9.68. The second-order valence-corrected chi connectivity index (χ2v) is 7.77. The fraction of sp³-hybridized carbons (Fsp3) is 0.476. The van der Waals surface area contributed by atoms with Gasteiger partial charge in [0.2, 0.25) is 0 Å². The lowest BCUT2D eigenvalue weighted by molar-refractivity contribution is 0.0952. The number of fused-ring (bicyclic) bond motifs is 1. The van der Waals surface area contributed by atoms with E-state index in [9.17, 15) is 4.79 Å². The number of rotatable bonds is 9. The van der Waals surface area contributed by atoms with Crippen LogP contribution in [-0.2, 0) is 6.42 Å². The summed E-state index contributed by atoms with van der Waals surface area (Å²) >= 11 is 1.58. The van der Waals surface area contributed by atoms with Crippen LogP contribution in [0.15, 0.2) is 36.4 Å². The molecule has 2 heterocycles. The highest BCUT2D eigenvalue weighted by atomic mass is 32.1. The van der Waals surface area contributed by atoms with Crippen LogP contribution in [0.2, 0.25) is 0 Å². The Labute approximate surface area is 160 Å². The molecule has 0 saturated carbocycles. The summed E-state index contributed by atoms with van der Waals surface area (Å²) in [5.41, 5.74) is 2.66. The molecule has 1 amide bonds. The molecule has 0 bridgehead atoms. The van der Waals surface area contributed by atoms with E-state index >= 15 is 0 Å². The minimum absolute atomic E-state index is 0.0419. The summed E-state index contributed by atoms with van der Waals surface area (Å²) in [4.78, 5) is 18.0. The van der Waals surface area contributed by atoms with Gasteiger partial charge in [-0.25, -0.2) is 0 Å². The van der Waals surface area contributed by atoms with Crippen LogP contribution in [0.5, 0.6) is 0 Å². The average Bonchev–Trinajstić information content (AvgIpc) is 3.31. The standard InChI is InChI=1S/C21H29N3OS/c1-3-5-14-23(4-2)16-13-22-21(25)19-10-11-20(26-19)24-15-12-17-8-6-7-9-18(17)24/h6-11H,3-5,12-16H2,1-2H3,(H,22,25). The summed E-state index contributed by atoms with van der Waals surface area (Å²) in [5.74, 6) is 0.0419. The Kier molecular flexibility index (Phi) is 6.69. The van der Waals surface area contributed by atoms with E-state index in [0.717, 1.165) is 42.5 Å². The van der Waals surface area contributed by atoms with Gasteiger partial charge in [-0.05, 0) is 49.7 Å². The molecule has 1 aliphatic heterocycles. The van der Waals surface area contributed by atoms with Crippen molar-refractivity contribution in [3.63, 3.8) is 0 Å². The Balaban J connectivity index is 1.54. The highest BCUT2D eigenvalue weighted by Gasteiger charge is 2.22. The Morgan fingerprint density at radius 2 is 2.04 bits per heavy atom. The molecular formula is C21H29N3OS. The maximum Gasteiger partial charge on any atom is 0.261 e. The first-order valence-corrected chi connectivity index (χ1v) is 10.5. The van der Waals surface area contributed by atoms with Crippen molar-refractivity contribution < 1.29 is 4.79 Å². The molecule has 0 fully saturated rings. The van der Waals surface area contributed by atoms with Crippen LogP contribution < -0.4 is 10.2 Å². The number of amides is 1. The Bertz CT molecular complexity index is 728. The molecule has 0 aliphatic carbocycles. The molecule has 3 rings (SSSR count). The fourth-order valence-corrected chi connectivity index (χ4v) is 4.35. The Morgan fingerprint density at radius 3 is 2.85 bits per heavy atom. The van der Waals surface area contributed by atoms with Crippen LogP contribution in [0, 0.1) is 0 Å². The van der Waals surface area contributed by atoms with E-state index < -0.39 is 0 Å². The number of anilines is 2. The fourth-order valence-electron chi connectivity index (χ4n) is 3.39. The van der Waals surface area contributed by atoms with Gasteiger partial charge in [0.15, 0.2) is 0 Å². The van der Waals surface area contributed by atoms with Crippen molar-refractivity contribution in [2.45, 2.75) is 33.1 Å². The molecule has 1 aromatic carbocycles. The zero-order valence-electron chi connectivity index (χ0n) is 15.8. The van der Waals surface area contributed by atoms with E-state index in [1.807, 2.05) is 6.07 Å². The van der Waals surface area contributed by atoms with Gasteiger partial charge in [-0.2, -0.15) is 0 Å². The minimum atomic E-state index is 0.0419. The summed E-state index contributed by atoms with van der Waals surface area (Å²) in [6.45, 7) is 9.15. The highest BCUT2D eigenvalue weighted by molar-refractivity contribution is 7.18. The zero-order chi connectivity index (χ0) is 18.4. The van der Waals surface area contributed by atoms with E-state index in [1.54, 1.807) is 11.3 Å². The number of benzene rings is 1. The second kappa shape index (κ2) is 9.19. The molecule has 1 aliphatic rings. The minimum Gasteiger partial charge on any atom is -0.350 e. The van der Waals surface area contributed by atoms with Crippen molar-refractivity contribution in [1.82, 2.24) is 10.2 Å². The molecule has 26 heavy (non-hydrogen) atoms. The van der Waals surface area contributed by atoms with Gasteiger partial charge in [0.05, 0.1) is 9.88 Å². The first-order chi connectivity index (χ1) is 12.7. The first kappa shape index (κ1) is 18.9. The monoisotopic (exact) mass is 371 g/mol. The number of hydrogen-bond acceptors (Lipinski definition) is 4. The Morgan fingerprint density at radius 1 is 1.19 bits per heavy atom. The van der Waals surface area contributed by atoms with E-state index in [-0.39, 0.29) is 5.91 Å². The van der Waals surface area contributed by atoms with Gasteiger partial charge >= 0.3 is 0 Å². The molecule has 1 aromatic heterocycles. The van der Waals surface area contributed by atoms with Gasteiger partial charge in [0.1, 0.15) is 0 Å². The van der Waals surface area contributed by atoms with Crippen LogP contribution in [-0.4, -0.2) is 43.5 Å². The van der Waals surface area contributed by atoms with Gasteiger partial charge in [-0.1, -0.05) is 38.5 Å². The van der Waals surface area contributed by atoms with Crippen molar-refractivity contribution in [3.8, 4) is 0 Å². The lowest BCUT2D eigenvalue weighted by Gasteiger charge is -2.20. The number of carbonyl (C=O) groups is 1. The SMILES string of the molecule is CCCCN(CC)CCNC(=O)c1ccc(N2CCc3ccccc32)s1. The number of thiophene rings is 1. The maximum atomic E-state index is 12.5. The number of unbranched alkanes of at least 4 members (excludes halogenated alkanes) is 1. The highest BCUT2D eigenvalue weighted by Crippen LogP contribution is 2.37. The number of hydrogen-bond donors (Lipinski definition) is 1. The summed E-state index contributed by atoms with van der Waals surface area (Å²) in [5, 5.41) is 4.23. The van der Waals surface area contributed by atoms with Gasteiger partial charge in [-0.15, -0.1) is 11.3 Å². The van der Waals surface area contributed by atoms with Crippen LogP contribution in [0.3, 0.4) is 0 Å². The van der Waals surface area contributed by atoms with Gasteiger partial charge in [0.25, 0.3) is 5.91 Å². The largest absolute Gasteiger partial charge is 0.350 e. The summed E-state index contributed by atoms with van der Waals surface area (Å²) in [6, 6.07) is 12.5. The van der Waals surface area contributed by atoms with E-state index in [1.165, 1.54) is 24.1 Å². The number of para-hydroxylation sites is 1. The number of likely N-dealkylation sites (N-methyl/N-ethyl adjacent to an activating group) is 1. The molecule has 0 saturated heterocycles. The maximum absolute atomic E-state index is 12.5. The van der Waals surface area contributed by atoms with Crippen LogP contribution >= 0.6 is 11.3 Å². The lowest BCUT2D eigenvalue weighted by Crippen LogP contribution is -2.35. The predicted octanol–water partition coefficient (Wildman–Crippen LogP) is 4.29. The zero-order valence-corrected chi connectivity index (χ0v) is 16.6. The van der Waals surface area contributed by atoms with Gasteiger partial charge < -0.3 is 15.1 Å². The quantitative estimate of drug-likeness (QED) is 0.714. The second-order valence-electron chi connectivity index (χ2n) is 6.71. The number of nitrogens with zero attached hydrogens (tertiary/aromatic N) is 2. The van der Waals surface area contributed by atoms with Crippen LogP contribution in [0.4, 0.5) is 10.7 Å². The number of nitrogens with one attached hydrogen (secondary N) is 1. The third-order valence-electron chi connectivity index (χ3n) is 4.96. The van der Waals surface area contributed by atoms with Crippen molar-refractivity contribution >= 4 is 27.9 Å². The smallest absolute Gasteiger partial charge is 0.261 e. The predicted molar refractivity (Wildman–Crippen MR) is 111 cm³/mol. The molecule has 5 heteroatoms. The molecule has 2 aromatic rings. The van der Waals surface area contributed by atoms with Crippen molar-refractivity contribution in [2.24, 2.45) is 0 Å². The topological polar surface area (TPSA) is 35.6 Å². The van der Waals surface area contributed by atoms with Crippen molar-refractivity contribution in [1.29, 1.82) is 0 Å². The molecule has 0 spiro atoms. The lowest BCUT2D eigenvalue weighted by atomic mass is 10.2. The van der Waals surface area contributed by atoms with E-state index in [0.29, 0.717) is 6.54 Å².